The summed E-state index contributed by atoms with van der Waals surface area (Å²) in [4.78, 5) is 37.7. The van der Waals surface area contributed by atoms with E-state index in [1.807, 2.05) is 4.90 Å². The van der Waals surface area contributed by atoms with Crippen LogP contribution >= 0.6 is 23.2 Å². The summed E-state index contributed by atoms with van der Waals surface area (Å²) in [5.74, 6) is -1.49. The van der Waals surface area contributed by atoms with Crippen molar-refractivity contribution in [3.05, 3.63) is 62.1 Å². The molecule has 1 unspecified atom stereocenters. The maximum atomic E-state index is 12.5. The number of esters is 1. The van der Waals surface area contributed by atoms with E-state index in [2.05, 4.69) is 5.32 Å². The zero-order valence-corrected chi connectivity index (χ0v) is 18.0. The van der Waals surface area contributed by atoms with Crippen LogP contribution in [0, 0.1) is 10.1 Å². The van der Waals surface area contributed by atoms with Crippen molar-refractivity contribution >= 4 is 52.1 Å². The van der Waals surface area contributed by atoms with Crippen LogP contribution < -0.4 is 10.2 Å². The first-order valence-corrected chi connectivity index (χ1v) is 10.1. The van der Waals surface area contributed by atoms with Crippen molar-refractivity contribution in [1.82, 2.24) is 0 Å². The minimum absolute atomic E-state index is 0.0378. The lowest BCUT2D eigenvalue weighted by molar-refractivity contribution is -0.384. The highest BCUT2D eigenvalue weighted by Gasteiger charge is 2.25. The molecule has 1 aliphatic heterocycles. The number of carbonyl (C=O) groups excluding carboxylic acids is 2. The second kappa shape index (κ2) is 9.95. The number of benzene rings is 2. The molecule has 1 N–H and O–H groups in total. The summed E-state index contributed by atoms with van der Waals surface area (Å²) in [6, 6.07) is 8.79. The third-order valence-electron chi connectivity index (χ3n) is 4.62. The maximum Gasteiger partial charge on any atom is 0.339 e. The first kappa shape index (κ1) is 22.8. The lowest BCUT2D eigenvalue weighted by Crippen LogP contribution is -2.36. The van der Waals surface area contributed by atoms with Gasteiger partial charge in [-0.2, -0.15) is 0 Å². The quantitative estimate of drug-likeness (QED) is 0.389. The van der Waals surface area contributed by atoms with E-state index in [1.165, 1.54) is 19.1 Å². The normalized spacial score (nSPS) is 14.6. The van der Waals surface area contributed by atoms with Gasteiger partial charge in [-0.1, -0.05) is 29.3 Å². The Morgan fingerprint density at radius 2 is 1.94 bits per heavy atom. The molecule has 1 atom stereocenters. The van der Waals surface area contributed by atoms with Gasteiger partial charge in [-0.3, -0.25) is 14.9 Å². The summed E-state index contributed by atoms with van der Waals surface area (Å²) >= 11 is 12.0. The molecule has 2 aromatic rings. The van der Waals surface area contributed by atoms with Gasteiger partial charge in [0.25, 0.3) is 11.6 Å². The molecule has 11 heteroatoms. The monoisotopic (exact) mass is 467 g/mol. The highest BCUT2D eigenvalue weighted by molar-refractivity contribution is 6.44. The number of amides is 1. The molecule has 2 aromatic carbocycles. The van der Waals surface area contributed by atoms with Crippen LogP contribution in [-0.4, -0.2) is 49.2 Å². The number of halogens is 2. The third kappa shape index (κ3) is 5.43. The minimum Gasteiger partial charge on any atom is -0.449 e. The van der Waals surface area contributed by atoms with Crippen molar-refractivity contribution in [1.29, 1.82) is 0 Å². The molecular formula is C20H19Cl2N3O6. The third-order valence-corrected chi connectivity index (χ3v) is 5.44. The van der Waals surface area contributed by atoms with Crippen LogP contribution in [0.15, 0.2) is 36.4 Å². The molecule has 1 saturated heterocycles. The van der Waals surface area contributed by atoms with Crippen molar-refractivity contribution in [3.63, 3.8) is 0 Å². The predicted octanol–water partition coefficient (Wildman–Crippen LogP) is 3.92. The van der Waals surface area contributed by atoms with E-state index in [9.17, 15) is 19.7 Å². The molecular weight excluding hydrogens is 449 g/mol. The Morgan fingerprint density at radius 3 is 2.61 bits per heavy atom. The summed E-state index contributed by atoms with van der Waals surface area (Å²) < 4.78 is 10.4. The number of hydrogen-bond donors (Lipinski definition) is 1. The van der Waals surface area contributed by atoms with Crippen LogP contribution in [0.5, 0.6) is 0 Å². The standard InChI is InChI=1S/C20H19Cl2N3O6/c1-12(19(26)23-15-4-2-3-14(21)18(15)22)31-20(27)13-5-6-16(17(11-13)25(28)29)24-7-9-30-10-8-24/h2-6,11-12H,7-10H2,1H3,(H,23,26). The Bertz CT molecular complexity index is 1010. The van der Waals surface area contributed by atoms with Crippen molar-refractivity contribution in [2.75, 3.05) is 36.5 Å². The number of nitrogens with zero attached hydrogens (tertiary/aromatic N) is 2. The summed E-state index contributed by atoms with van der Waals surface area (Å²) in [6.45, 7) is 3.32. The van der Waals surface area contributed by atoms with Crippen molar-refractivity contribution in [2.45, 2.75) is 13.0 Å². The van der Waals surface area contributed by atoms with E-state index < -0.39 is 22.9 Å². The summed E-state index contributed by atoms with van der Waals surface area (Å²) in [5.41, 5.74) is 0.405. The number of nitrogens with one attached hydrogen (secondary N) is 1. The van der Waals surface area contributed by atoms with Gasteiger partial charge in [0.05, 0.1) is 39.4 Å². The lowest BCUT2D eigenvalue weighted by atomic mass is 10.1. The number of nitro benzene ring substituents is 1. The Morgan fingerprint density at radius 1 is 1.23 bits per heavy atom. The number of carbonyl (C=O) groups is 2. The maximum absolute atomic E-state index is 12.5. The molecule has 1 fully saturated rings. The molecule has 9 nitrogen and oxygen atoms in total. The van der Waals surface area contributed by atoms with Gasteiger partial charge < -0.3 is 19.7 Å². The molecule has 3 rings (SSSR count). The Balaban J connectivity index is 1.71. The summed E-state index contributed by atoms with van der Waals surface area (Å²) in [5, 5.41) is 14.5. The Kier molecular flexibility index (Phi) is 7.32. The fourth-order valence-corrected chi connectivity index (χ4v) is 3.33. The average molecular weight is 468 g/mol. The molecule has 0 aromatic heterocycles. The number of rotatable bonds is 6. The zero-order chi connectivity index (χ0) is 22.5. The van der Waals surface area contributed by atoms with E-state index >= 15 is 0 Å². The van der Waals surface area contributed by atoms with Gasteiger partial charge in [-0.15, -0.1) is 0 Å². The van der Waals surface area contributed by atoms with Crippen LogP contribution in [0.25, 0.3) is 0 Å². The number of ether oxygens (including phenoxy) is 2. The smallest absolute Gasteiger partial charge is 0.339 e. The van der Waals surface area contributed by atoms with Gasteiger partial charge >= 0.3 is 5.97 Å². The van der Waals surface area contributed by atoms with Crippen molar-refractivity contribution in [3.8, 4) is 0 Å². The average Bonchev–Trinajstić information content (AvgIpc) is 2.76. The topological polar surface area (TPSA) is 111 Å². The number of nitro groups is 1. The predicted molar refractivity (Wildman–Crippen MR) is 116 cm³/mol. The first-order valence-electron chi connectivity index (χ1n) is 9.35. The van der Waals surface area contributed by atoms with E-state index in [0.717, 1.165) is 6.07 Å². The minimum atomic E-state index is -1.18. The largest absolute Gasteiger partial charge is 0.449 e. The molecule has 0 spiro atoms. The summed E-state index contributed by atoms with van der Waals surface area (Å²) in [6.07, 6.45) is -1.18. The van der Waals surface area contributed by atoms with Gasteiger partial charge in [0.1, 0.15) is 5.69 Å². The molecule has 1 aliphatic rings. The first-order chi connectivity index (χ1) is 14.8. The highest BCUT2D eigenvalue weighted by Crippen LogP contribution is 2.31. The fourth-order valence-electron chi connectivity index (χ4n) is 2.99. The van der Waals surface area contributed by atoms with Crippen LogP contribution in [0.1, 0.15) is 17.3 Å². The van der Waals surface area contributed by atoms with Crippen molar-refractivity contribution < 1.29 is 24.0 Å². The Hall–Kier alpha value is -2.88. The van der Waals surface area contributed by atoms with Gasteiger partial charge in [-0.25, -0.2) is 4.79 Å². The molecule has 0 saturated carbocycles. The van der Waals surface area contributed by atoms with Crippen LogP contribution in [-0.2, 0) is 14.3 Å². The molecule has 31 heavy (non-hydrogen) atoms. The van der Waals surface area contributed by atoms with Crippen LogP contribution in [0.2, 0.25) is 10.0 Å². The van der Waals surface area contributed by atoms with E-state index in [0.29, 0.717) is 32.0 Å². The van der Waals surface area contributed by atoms with Gasteiger partial charge in [0.2, 0.25) is 0 Å². The molecule has 0 bridgehead atoms. The second-order valence-corrected chi connectivity index (χ2v) is 7.48. The molecule has 1 heterocycles. The van der Waals surface area contributed by atoms with Crippen molar-refractivity contribution in [2.24, 2.45) is 0 Å². The van der Waals surface area contributed by atoms with E-state index in [1.54, 1.807) is 18.2 Å². The highest BCUT2D eigenvalue weighted by atomic mass is 35.5. The molecule has 1 amide bonds. The molecule has 164 valence electrons. The fraction of sp³-hybridized carbons (Fsp3) is 0.300. The number of morpholine rings is 1. The van der Waals surface area contributed by atoms with Gasteiger partial charge in [0.15, 0.2) is 6.10 Å². The SMILES string of the molecule is CC(OC(=O)c1ccc(N2CCOCC2)c([N+](=O)[O-])c1)C(=O)Nc1cccc(Cl)c1Cl. The number of anilines is 2. The van der Waals surface area contributed by atoms with Crippen LogP contribution in [0.3, 0.4) is 0 Å². The molecule has 0 aliphatic carbocycles. The van der Waals surface area contributed by atoms with Gasteiger partial charge in [0, 0.05) is 19.2 Å². The summed E-state index contributed by atoms with van der Waals surface area (Å²) in [7, 11) is 0. The lowest BCUT2D eigenvalue weighted by Gasteiger charge is -2.28. The van der Waals surface area contributed by atoms with E-state index in [4.69, 9.17) is 32.7 Å². The second-order valence-electron chi connectivity index (χ2n) is 6.70. The molecule has 0 radical (unpaired) electrons. The number of hydrogen-bond acceptors (Lipinski definition) is 7. The van der Waals surface area contributed by atoms with E-state index in [-0.39, 0.29) is 27.0 Å². The van der Waals surface area contributed by atoms with Crippen LogP contribution in [0.4, 0.5) is 17.1 Å². The zero-order valence-electron chi connectivity index (χ0n) is 16.5. The van der Waals surface area contributed by atoms with Gasteiger partial charge in [-0.05, 0) is 31.2 Å². The Labute approximate surface area is 188 Å².